The molecule has 2 amide bonds. The zero-order chi connectivity index (χ0) is 11.3. The molecule has 0 aromatic carbocycles. The minimum atomic E-state index is -0.418. The fraction of sp³-hybridized carbons (Fsp3) is 0.500. The third kappa shape index (κ3) is 3.23. The van der Waals surface area contributed by atoms with Gasteiger partial charge in [-0.1, -0.05) is 0 Å². The van der Waals surface area contributed by atoms with Crippen LogP contribution in [0.25, 0.3) is 0 Å². The molecule has 1 aliphatic rings. The lowest BCUT2D eigenvalue weighted by molar-refractivity contribution is -0.123. The molecule has 1 heterocycles. The Morgan fingerprint density at radius 2 is 1.33 bits per heavy atom. The molecule has 3 N–H and O–H groups in total. The van der Waals surface area contributed by atoms with Crippen LogP contribution in [0.3, 0.4) is 0 Å². The summed E-state index contributed by atoms with van der Waals surface area (Å²) in [6, 6.07) is 0. The van der Waals surface area contributed by atoms with Gasteiger partial charge in [0, 0.05) is 11.5 Å². The van der Waals surface area contributed by atoms with Crippen molar-refractivity contribution >= 4 is 35.3 Å². The molecule has 1 rings (SSSR count). The Kier molecular flexibility index (Phi) is 5.16. The average Bonchev–Trinajstić information content (AvgIpc) is 2.47. The zero-order valence-electron chi connectivity index (χ0n) is 7.86. The van der Waals surface area contributed by atoms with Gasteiger partial charge in [0.1, 0.15) is 0 Å². The van der Waals surface area contributed by atoms with Gasteiger partial charge in [0.25, 0.3) is 11.8 Å². The van der Waals surface area contributed by atoms with Crippen molar-refractivity contribution in [1.82, 2.24) is 5.32 Å². The molecule has 0 spiro atoms. The van der Waals surface area contributed by atoms with E-state index in [0.29, 0.717) is 21.3 Å². The average molecular weight is 249 g/mol. The number of aliphatic hydroxyl groups is 2. The highest BCUT2D eigenvalue weighted by molar-refractivity contribution is 8.08. The molecule has 0 fully saturated rings. The Balaban J connectivity index is 2.73. The second-order valence-electron chi connectivity index (χ2n) is 2.59. The van der Waals surface area contributed by atoms with Gasteiger partial charge in [-0.05, 0) is 0 Å². The number of thioether (sulfide) groups is 2. The largest absolute Gasteiger partial charge is 0.396 e. The summed E-state index contributed by atoms with van der Waals surface area (Å²) in [6.07, 6.45) is 0. The molecule has 0 unspecified atom stereocenters. The number of aliphatic hydroxyl groups excluding tert-OH is 2. The Morgan fingerprint density at radius 3 is 1.67 bits per heavy atom. The zero-order valence-corrected chi connectivity index (χ0v) is 9.49. The van der Waals surface area contributed by atoms with Crippen LogP contribution in [-0.2, 0) is 9.59 Å². The lowest BCUT2D eigenvalue weighted by Crippen LogP contribution is -2.22. The second kappa shape index (κ2) is 6.16. The van der Waals surface area contributed by atoms with Gasteiger partial charge in [0.2, 0.25) is 0 Å². The Labute approximate surface area is 95.3 Å². The molecule has 0 aliphatic carbocycles. The summed E-state index contributed by atoms with van der Waals surface area (Å²) < 4.78 is 0. The molecule has 0 aromatic rings. The summed E-state index contributed by atoms with van der Waals surface area (Å²) in [6.45, 7) is -0.0961. The molecule has 5 nitrogen and oxygen atoms in total. The number of imide groups is 1. The fourth-order valence-electron chi connectivity index (χ4n) is 0.980. The highest BCUT2D eigenvalue weighted by Crippen LogP contribution is 2.31. The van der Waals surface area contributed by atoms with Crippen molar-refractivity contribution in [3.63, 3.8) is 0 Å². The molecule has 0 radical (unpaired) electrons. The van der Waals surface area contributed by atoms with Crippen molar-refractivity contribution in [2.75, 3.05) is 24.7 Å². The monoisotopic (exact) mass is 249 g/mol. The quantitative estimate of drug-likeness (QED) is 0.540. The maximum absolute atomic E-state index is 11.3. The van der Waals surface area contributed by atoms with E-state index in [2.05, 4.69) is 5.32 Å². The second-order valence-corrected chi connectivity index (χ2v) is 4.80. The van der Waals surface area contributed by atoms with E-state index in [1.807, 2.05) is 0 Å². The summed E-state index contributed by atoms with van der Waals surface area (Å²) in [5.74, 6) is -0.0869. The van der Waals surface area contributed by atoms with Crippen LogP contribution < -0.4 is 5.32 Å². The Morgan fingerprint density at radius 1 is 0.933 bits per heavy atom. The summed E-state index contributed by atoms with van der Waals surface area (Å²) in [5, 5.41) is 19.4. The number of hydrogen-bond donors (Lipinski definition) is 3. The van der Waals surface area contributed by atoms with Crippen molar-refractivity contribution in [2.45, 2.75) is 0 Å². The summed E-state index contributed by atoms with van der Waals surface area (Å²) in [5.41, 5.74) is 0. The van der Waals surface area contributed by atoms with E-state index >= 15 is 0 Å². The van der Waals surface area contributed by atoms with Gasteiger partial charge < -0.3 is 10.2 Å². The molecule has 84 valence electrons. The Hall–Kier alpha value is -0.500. The predicted octanol–water partition coefficient (Wildman–Crippen LogP) is -0.695. The van der Waals surface area contributed by atoms with E-state index < -0.39 is 11.8 Å². The van der Waals surface area contributed by atoms with Crippen LogP contribution in [0.2, 0.25) is 0 Å². The highest BCUT2D eigenvalue weighted by Gasteiger charge is 2.30. The number of amides is 2. The van der Waals surface area contributed by atoms with Crippen LogP contribution in [0.1, 0.15) is 0 Å². The first-order valence-corrected chi connectivity index (χ1v) is 6.25. The molecule has 7 heteroatoms. The molecule has 0 atom stereocenters. The summed E-state index contributed by atoms with van der Waals surface area (Å²) in [4.78, 5) is 23.3. The van der Waals surface area contributed by atoms with Gasteiger partial charge in [-0.15, -0.1) is 23.5 Å². The van der Waals surface area contributed by atoms with Crippen molar-refractivity contribution < 1.29 is 19.8 Å². The van der Waals surface area contributed by atoms with E-state index in [4.69, 9.17) is 10.2 Å². The van der Waals surface area contributed by atoms with Crippen molar-refractivity contribution in [3.8, 4) is 0 Å². The molecule has 0 bridgehead atoms. The molecule has 0 aromatic heterocycles. The molecular formula is C8H11NO4S2. The van der Waals surface area contributed by atoms with Crippen LogP contribution in [-0.4, -0.2) is 46.7 Å². The molecule has 0 saturated heterocycles. The lowest BCUT2D eigenvalue weighted by Gasteiger charge is -2.00. The smallest absolute Gasteiger partial charge is 0.265 e. The topological polar surface area (TPSA) is 86.6 Å². The van der Waals surface area contributed by atoms with E-state index in [1.54, 1.807) is 0 Å². The first-order valence-electron chi connectivity index (χ1n) is 4.28. The third-order valence-corrected chi connectivity index (χ3v) is 3.78. The van der Waals surface area contributed by atoms with E-state index in [9.17, 15) is 9.59 Å². The third-order valence-electron chi connectivity index (χ3n) is 1.52. The maximum atomic E-state index is 11.3. The number of rotatable bonds is 6. The summed E-state index contributed by atoms with van der Waals surface area (Å²) in [7, 11) is 0. The number of nitrogens with one attached hydrogen (secondary N) is 1. The first-order chi connectivity index (χ1) is 7.20. The van der Waals surface area contributed by atoms with Gasteiger partial charge in [-0.2, -0.15) is 0 Å². The fourth-order valence-corrected chi connectivity index (χ4v) is 2.74. The Bertz CT molecular complexity index is 275. The number of carbonyl (C=O) groups excluding carboxylic acids is 2. The summed E-state index contributed by atoms with van der Waals surface area (Å²) >= 11 is 2.30. The molecule has 1 aliphatic heterocycles. The van der Waals surface area contributed by atoms with E-state index in [0.717, 1.165) is 23.5 Å². The van der Waals surface area contributed by atoms with Crippen molar-refractivity contribution in [2.24, 2.45) is 0 Å². The van der Waals surface area contributed by atoms with Crippen LogP contribution in [0, 0.1) is 0 Å². The van der Waals surface area contributed by atoms with Crippen LogP contribution in [0.15, 0.2) is 9.81 Å². The van der Waals surface area contributed by atoms with Gasteiger partial charge in [-0.3, -0.25) is 14.9 Å². The van der Waals surface area contributed by atoms with E-state index in [1.165, 1.54) is 0 Å². The van der Waals surface area contributed by atoms with Gasteiger partial charge >= 0.3 is 0 Å². The maximum Gasteiger partial charge on any atom is 0.265 e. The van der Waals surface area contributed by atoms with Gasteiger partial charge in [-0.25, -0.2) is 0 Å². The number of carbonyl (C=O) groups is 2. The minimum absolute atomic E-state index is 0.0480. The van der Waals surface area contributed by atoms with Crippen LogP contribution in [0.4, 0.5) is 0 Å². The SMILES string of the molecule is O=C1NC(=O)C(SCCO)=C1SCCO. The lowest BCUT2D eigenvalue weighted by atomic mass is 10.5. The van der Waals surface area contributed by atoms with Crippen LogP contribution >= 0.6 is 23.5 Å². The minimum Gasteiger partial charge on any atom is -0.396 e. The molecule has 0 saturated carbocycles. The normalized spacial score (nSPS) is 16.1. The van der Waals surface area contributed by atoms with Gasteiger partial charge in [0.05, 0.1) is 23.0 Å². The van der Waals surface area contributed by atoms with Crippen molar-refractivity contribution in [1.29, 1.82) is 0 Å². The molecular weight excluding hydrogens is 238 g/mol. The van der Waals surface area contributed by atoms with E-state index in [-0.39, 0.29) is 13.2 Å². The molecule has 15 heavy (non-hydrogen) atoms. The van der Waals surface area contributed by atoms with Crippen LogP contribution in [0.5, 0.6) is 0 Å². The predicted molar refractivity (Wildman–Crippen MR) is 59.3 cm³/mol. The number of hydrogen-bond acceptors (Lipinski definition) is 6. The standard InChI is InChI=1S/C8H11NO4S2/c10-1-3-14-5-6(15-4-2-11)8(13)9-7(5)12/h10-11H,1-4H2,(H,9,12,13). The highest BCUT2D eigenvalue weighted by atomic mass is 32.2. The van der Waals surface area contributed by atoms with Crippen molar-refractivity contribution in [3.05, 3.63) is 9.81 Å². The van der Waals surface area contributed by atoms with Gasteiger partial charge in [0.15, 0.2) is 0 Å². The first kappa shape index (κ1) is 12.6.